The van der Waals surface area contributed by atoms with Crippen LogP contribution >= 0.6 is 0 Å². The van der Waals surface area contributed by atoms with Crippen LogP contribution in [0.15, 0.2) is 30.3 Å². The maximum absolute atomic E-state index is 13.9. The third-order valence-electron chi connectivity index (χ3n) is 12.0. The fourth-order valence-corrected chi connectivity index (χ4v) is 8.20. The molecule has 0 aliphatic carbocycles. The molecular weight excluding hydrogens is 967 g/mol. The predicted molar refractivity (Wildman–Crippen MR) is 269 cm³/mol. The summed E-state index contributed by atoms with van der Waals surface area (Å²) in [6, 6.07) is -2.33. The van der Waals surface area contributed by atoms with Crippen molar-refractivity contribution in [3.05, 3.63) is 35.9 Å². The molecule has 1 aliphatic rings. The minimum absolute atomic E-state index is 0.00696. The number of hydrogen-bond donors (Lipinski definition) is 13. The summed E-state index contributed by atoms with van der Waals surface area (Å²) in [6.45, 7) is 7.44. The number of benzene rings is 1. The van der Waals surface area contributed by atoms with Gasteiger partial charge in [-0.2, -0.15) is 0 Å². The van der Waals surface area contributed by atoms with Crippen LogP contribution in [0.1, 0.15) is 117 Å². The van der Waals surface area contributed by atoms with Crippen LogP contribution in [0.2, 0.25) is 0 Å². The molecule has 1 aromatic carbocycles. The van der Waals surface area contributed by atoms with E-state index in [1.54, 1.807) is 44.2 Å². The molecule has 0 unspecified atom stereocenters. The van der Waals surface area contributed by atoms with Crippen molar-refractivity contribution in [2.45, 2.75) is 166 Å². The van der Waals surface area contributed by atoms with Gasteiger partial charge in [0.15, 0.2) is 0 Å². The van der Waals surface area contributed by atoms with Gasteiger partial charge >= 0.3 is 17.9 Å². The summed E-state index contributed by atoms with van der Waals surface area (Å²) in [5.41, 5.74) is 18.0. The maximum atomic E-state index is 13.9. The van der Waals surface area contributed by atoms with Crippen LogP contribution in [0.4, 0.5) is 0 Å². The SMILES string of the molecule is CC(C)C[C@H](NC(=O)CNC(=O)[C@@H]1CCCN1C(=O)[C@H](CCCCN)NC(=O)[C@@H](N)CC(C)C)C(=O)N[C@@H](CCC(=O)O)C(=O)N[C@@H](CCCCN)C(=O)N[C@@H](CC(=O)O)C(=O)N[C@@H](Cc1ccccc1)C(=O)O. The molecule has 8 atom stereocenters. The number of rotatable bonds is 35. The van der Waals surface area contributed by atoms with Gasteiger partial charge in [-0.1, -0.05) is 58.0 Å². The first-order chi connectivity index (χ1) is 35.0. The van der Waals surface area contributed by atoms with Crippen LogP contribution in [-0.2, 0) is 59.2 Å². The molecule has 25 heteroatoms. The number of unbranched alkanes of at least 4 members (excludes halogenated alkanes) is 2. The molecule has 0 radical (unpaired) electrons. The van der Waals surface area contributed by atoms with Gasteiger partial charge in [0.2, 0.25) is 47.3 Å². The lowest BCUT2D eigenvalue weighted by Gasteiger charge is -2.29. The van der Waals surface area contributed by atoms with E-state index in [0.29, 0.717) is 44.2 Å². The zero-order valence-electron chi connectivity index (χ0n) is 42.9. The molecule has 0 saturated carbocycles. The number of nitrogens with two attached hydrogens (primary N) is 3. The Bertz CT molecular complexity index is 2060. The first-order valence-corrected chi connectivity index (χ1v) is 25.2. The van der Waals surface area contributed by atoms with E-state index in [1.807, 2.05) is 13.8 Å². The van der Waals surface area contributed by atoms with E-state index >= 15 is 0 Å². The molecule has 0 bridgehead atoms. The summed E-state index contributed by atoms with van der Waals surface area (Å²) < 4.78 is 0. The van der Waals surface area contributed by atoms with E-state index in [9.17, 15) is 68.1 Å². The second-order valence-electron chi connectivity index (χ2n) is 19.3. The van der Waals surface area contributed by atoms with Gasteiger partial charge in [0, 0.05) is 19.4 Å². The van der Waals surface area contributed by atoms with Crippen LogP contribution in [0.5, 0.6) is 0 Å². The highest BCUT2D eigenvalue weighted by atomic mass is 16.4. The Balaban J connectivity index is 2.25. The largest absolute Gasteiger partial charge is 0.481 e. The highest BCUT2D eigenvalue weighted by molar-refractivity contribution is 5.98. The standard InChI is InChI=1S/C49H79N11O14/c1-28(2)23-31(52)42(66)57-34(16-9-11-21-51)48(72)60-22-12-17-38(60)47(71)53-27-39(61)54-35(24-29(3)4)45(69)56-33(18-19-40(62)63)44(68)55-32(15-8-10-20-50)43(67)58-36(26-41(64)65)46(70)59-37(49(73)74)25-30-13-6-5-7-14-30/h5-7,13-14,28-29,31-38H,8-12,15-27,50-52H2,1-4H3,(H,53,71)(H,54,61)(H,55,68)(H,56,69)(H,57,66)(H,58,67)(H,59,70)(H,62,63)(H,64,65)(H,73,74)/t31-,32-,33-,34-,35-,36-,37-,38-/m0/s1. The molecular formula is C49H79N11O14. The average Bonchev–Trinajstić information content (AvgIpc) is 3.83. The Morgan fingerprint density at radius 3 is 1.66 bits per heavy atom. The van der Waals surface area contributed by atoms with Crippen LogP contribution in [0, 0.1) is 11.8 Å². The molecule has 1 saturated heterocycles. The molecule has 1 fully saturated rings. The number of nitrogens with zero attached hydrogens (tertiary/aromatic N) is 1. The Morgan fingerprint density at radius 2 is 1.12 bits per heavy atom. The monoisotopic (exact) mass is 1050 g/mol. The molecule has 2 rings (SSSR count). The minimum Gasteiger partial charge on any atom is -0.481 e. The van der Waals surface area contributed by atoms with Crippen molar-refractivity contribution in [2.24, 2.45) is 29.0 Å². The molecule has 8 amide bonds. The summed E-state index contributed by atoms with van der Waals surface area (Å²) in [4.78, 5) is 146. The number of carboxylic acid groups (broad SMARTS) is 3. The Labute approximate surface area is 431 Å². The second kappa shape index (κ2) is 33.2. The lowest BCUT2D eigenvalue weighted by Crippen LogP contribution is -2.59. The van der Waals surface area contributed by atoms with Crippen LogP contribution in [0.25, 0.3) is 0 Å². The van der Waals surface area contributed by atoms with Crippen molar-refractivity contribution in [1.82, 2.24) is 42.1 Å². The summed E-state index contributed by atoms with van der Waals surface area (Å²) in [5.74, 6) is -11.0. The maximum Gasteiger partial charge on any atom is 0.326 e. The molecule has 25 nitrogen and oxygen atoms in total. The number of nitrogens with one attached hydrogen (secondary N) is 7. The summed E-state index contributed by atoms with van der Waals surface area (Å²) >= 11 is 0. The molecule has 1 heterocycles. The van der Waals surface area contributed by atoms with Crippen molar-refractivity contribution in [1.29, 1.82) is 0 Å². The molecule has 1 aliphatic heterocycles. The number of carboxylic acids is 3. The van der Waals surface area contributed by atoms with E-state index in [0.717, 1.165) is 0 Å². The molecule has 16 N–H and O–H groups in total. The summed E-state index contributed by atoms with van der Waals surface area (Å²) in [5, 5.41) is 46.3. The normalized spacial score (nSPS) is 16.1. The lowest BCUT2D eigenvalue weighted by molar-refractivity contribution is -0.144. The van der Waals surface area contributed by atoms with Crippen molar-refractivity contribution < 1.29 is 68.1 Å². The van der Waals surface area contributed by atoms with Gasteiger partial charge in [0.1, 0.15) is 42.3 Å². The number of hydrogen-bond acceptors (Lipinski definition) is 14. The average molecular weight is 1050 g/mol. The van der Waals surface area contributed by atoms with Gasteiger partial charge in [0.25, 0.3) is 0 Å². The van der Waals surface area contributed by atoms with Gasteiger partial charge in [0.05, 0.1) is 19.0 Å². The van der Waals surface area contributed by atoms with Crippen LogP contribution < -0.4 is 54.4 Å². The Hall–Kier alpha value is -6.73. The van der Waals surface area contributed by atoms with E-state index in [2.05, 4.69) is 37.2 Å². The number of amides is 8. The van der Waals surface area contributed by atoms with Crippen LogP contribution in [0.3, 0.4) is 0 Å². The third kappa shape index (κ3) is 23.4. The van der Waals surface area contributed by atoms with Crippen molar-refractivity contribution in [2.75, 3.05) is 26.2 Å². The lowest BCUT2D eigenvalue weighted by atomic mass is 10.0. The zero-order chi connectivity index (χ0) is 55.5. The number of carbonyl (C=O) groups excluding carboxylic acids is 8. The van der Waals surface area contributed by atoms with E-state index < -0.39 is 139 Å². The number of aliphatic carboxylic acids is 3. The molecule has 1 aromatic rings. The topological polar surface area (TPSA) is 414 Å². The van der Waals surface area contributed by atoms with Crippen molar-refractivity contribution >= 4 is 65.2 Å². The highest BCUT2D eigenvalue weighted by Gasteiger charge is 2.39. The molecule has 414 valence electrons. The van der Waals surface area contributed by atoms with Crippen LogP contribution in [-0.4, -0.2) is 160 Å². The van der Waals surface area contributed by atoms with E-state index in [1.165, 1.54) is 4.90 Å². The fourth-order valence-electron chi connectivity index (χ4n) is 8.20. The number of likely N-dealkylation sites (tertiary alicyclic amines) is 1. The first-order valence-electron chi connectivity index (χ1n) is 25.2. The smallest absolute Gasteiger partial charge is 0.326 e. The third-order valence-corrected chi connectivity index (χ3v) is 12.0. The van der Waals surface area contributed by atoms with Crippen molar-refractivity contribution in [3.63, 3.8) is 0 Å². The van der Waals surface area contributed by atoms with E-state index in [4.69, 9.17) is 17.2 Å². The molecule has 0 aromatic heterocycles. The summed E-state index contributed by atoms with van der Waals surface area (Å²) in [7, 11) is 0. The van der Waals surface area contributed by atoms with Gasteiger partial charge < -0.3 is 74.6 Å². The van der Waals surface area contributed by atoms with E-state index in [-0.39, 0.29) is 63.5 Å². The predicted octanol–water partition coefficient (Wildman–Crippen LogP) is -1.65. The molecule has 0 spiro atoms. The Morgan fingerprint density at radius 1 is 0.608 bits per heavy atom. The van der Waals surface area contributed by atoms with Crippen molar-refractivity contribution in [3.8, 4) is 0 Å². The van der Waals surface area contributed by atoms with Gasteiger partial charge in [-0.3, -0.25) is 47.9 Å². The second-order valence-corrected chi connectivity index (χ2v) is 19.3. The Kier molecular flexibility index (Phi) is 28.4. The quantitative estimate of drug-likeness (QED) is 0.0339. The highest BCUT2D eigenvalue weighted by Crippen LogP contribution is 2.20. The van der Waals surface area contributed by atoms with Gasteiger partial charge in [-0.05, 0) is 101 Å². The van der Waals surface area contributed by atoms with Gasteiger partial charge in [-0.15, -0.1) is 0 Å². The molecule has 74 heavy (non-hydrogen) atoms. The van der Waals surface area contributed by atoms with Gasteiger partial charge in [-0.25, -0.2) is 4.79 Å². The zero-order valence-corrected chi connectivity index (χ0v) is 42.9. The first kappa shape index (κ1) is 63.4. The number of carbonyl (C=O) groups is 11. The minimum atomic E-state index is -1.82. The fraction of sp³-hybridized carbons (Fsp3) is 0.653. The summed E-state index contributed by atoms with van der Waals surface area (Å²) in [6.07, 6.45) is 0.679.